The molecule has 0 bridgehead atoms. The Morgan fingerprint density at radius 2 is 1.95 bits per heavy atom. The molecule has 1 atom stereocenters. The van der Waals surface area contributed by atoms with Crippen LogP contribution in [0.3, 0.4) is 0 Å². The van der Waals surface area contributed by atoms with E-state index in [1.807, 2.05) is 18.7 Å². The average molecular weight is 304 g/mol. The largest absolute Gasteiger partial charge is 0.321 e. The van der Waals surface area contributed by atoms with Crippen LogP contribution >= 0.6 is 0 Å². The van der Waals surface area contributed by atoms with Crippen molar-refractivity contribution >= 4 is 5.91 Å². The number of amides is 1. The molecule has 1 aliphatic carbocycles. The van der Waals surface area contributed by atoms with E-state index in [0.29, 0.717) is 11.8 Å². The van der Waals surface area contributed by atoms with Crippen LogP contribution in [0.15, 0.2) is 0 Å². The Hall–Kier alpha value is -1.36. The summed E-state index contributed by atoms with van der Waals surface area (Å²) in [6.07, 6.45) is 4.20. The number of hydrogen-bond donors (Lipinski definition) is 1. The minimum absolute atomic E-state index is 0.0262. The van der Waals surface area contributed by atoms with Gasteiger partial charge in [0.2, 0.25) is 5.91 Å². The van der Waals surface area contributed by atoms with Gasteiger partial charge in [0.05, 0.1) is 11.2 Å². The Morgan fingerprint density at radius 1 is 1.32 bits per heavy atom. The van der Waals surface area contributed by atoms with Gasteiger partial charge in [-0.25, -0.2) is 0 Å². The number of aromatic nitrogens is 2. The maximum atomic E-state index is 13.1. The van der Waals surface area contributed by atoms with Gasteiger partial charge in [-0.15, -0.1) is 0 Å². The molecule has 5 nitrogen and oxygen atoms in total. The lowest BCUT2D eigenvalue weighted by atomic mass is 9.98. The van der Waals surface area contributed by atoms with Crippen molar-refractivity contribution in [1.29, 1.82) is 0 Å². The Morgan fingerprint density at radius 3 is 2.45 bits per heavy atom. The van der Waals surface area contributed by atoms with E-state index in [4.69, 9.17) is 0 Å². The van der Waals surface area contributed by atoms with Gasteiger partial charge in [0.15, 0.2) is 0 Å². The number of carbonyl (C=O) groups excluding carboxylic acids is 1. The summed E-state index contributed by atoms with van der Waals surface area (Å²) >= 11 is 0. The van der Waals surface area contributed by atoms with Crippen molar-refractivity contribution < 1.29 is 4.79 Å². The average Bonchev–Trinajstić information content (AvgIpc) is 3.07. The molecule has 1 saturated heterocycles. The second kappa shape index (κ2) is 5.37. The minimum Gasteiger partial charge on any atom is -0.321 e. The molecular weight excluding hydrogens is 276 g/mol. The van der Waals surface area contributed by atoms with Gasteiger partial charge >= 0.3 is 0 Å². The molecule has 22 heavy (non-hydrogen) atoms. The van der Waals surface area contributed by atoms with Gasteiger partial charge in [-0.3, -0.25) is 14.8 Å². The van der Waals surface area contributed by atoms with Crippen LogP contribution in [0.5, 0.6) is 0 Å². The topological polar surface area (TPSA) is 50.2 Å². The lowest BCUT2D eigenvalue weighted by Gasteiger charge is -2.26. The first kappa shape index (κ1) is 15.5. The van der Waals surface area contributed by atoms with Crippen molar-refractivity contribution in [2.45, 2.75) is 65.1 Å². The number of nitrogens with one attached hydrogen (secondary N) is 1. The highest BCUT2D eigenvalue weighted by atomic mass is 16.2. The zero-order valence-corrected chi connectivity index (χ0v) is 14.4. The highest BCUT2D eigenvalue weighted by Gasteiger charge is 2.53. The third-order valence-corrected chi connectivity index (χ3v) is 5.25. The molecule has 122 valence electrons. The fraction of sp³-hybridized carbons (Fsp3) is 0.765. The van der Waals surface area contributed by atoms with Crippen molar-refractivity contribution in [3.05, 3.63) is 17.0 Å². The molecular formula is C17H28N4O. The van der Waals surface area contributed by atoms with Crippen LogP contribution in [0.2, 0.25) is 0 Å². The molecule has 1 aromatic heterocycles. The van der Waals surface area contributed by atoms with Crippen LogP contribution in [0, 0.1) is 19.8 Å². The molecule has 0 unspecified atom stereocenters. The number of carbonyl (C=O) groups is 1. The van der Waals surface area contributed by atoms with Gasteiger partial charge in [-0.1, -0.05) is 26.7 Å². The summed E-state index contributed by atoms with van der Waals surface area (Å²) in [5, 5.41) is 8.25. The molecule has 1 N–H and O–H groups in total. The third kappa shape index (κ3) is 2.26. The highest BCUT2D eigenvalue weighted by molar-refractivity contribution is 5.89. The summed E-state index contributed by atoms with van der Waals surface area (Å²) in [5.74, 6) is 0.758. The van der Waals surface area contributed by atoms with Gasteiger partial charge < -0.3 is 4.90 Å². The summed E-state index contributed by atoms with van der Waals surface area (Å²) in [6, 6.07) is 0. The van der Waals surface area contributed by atoms with Gasteiger partial charge in [0.1, 0.15) is 6.17 Å². The van der Waals surface area contributed by atoms with Crippen LogP contribution in [0.4, 0.5) is 0 Å². The summed E-state index contributed by atoms with van der Waals surface area (Å²) < 4.78 is 1.92. The Kier molecular flexibility index (Phi) is 3.79. The maximum Gasteiger partial charge on any atom is 0.244 e. The summed E-state index contributed by atoms with van der Waals surface area (Å²) in [4.78, 5) is 15.2. The predicted molar refractivity (Wildman–Crippen MR) is 86.3 cm³/mol. The van der Waals surface area contributed by atoms with E-state index in [-0.39, 0.29) is 11.7 Å². The van der Waals surface area contributed by atoms with E-state index in [0.717, 1.165) is 43.6 Å². The van der Waals surface area contributed by atoms with Crippen molar-refractivity contribution in [2.75, 3.05) is 6.54 Å². The normalized spacial score (nSPS) is 24.2. The second-order valence-corrected chi connectivity index (χ2v) is 7.40. The number of aryl methyl sites for hydroxylation is 2. The van der Waals surface area contributed by atoms with Crippen molar-refractivity contribution in [3.8, 4) is 0 Å². The third-order valence-electron chi connectivity index (χ3n) is 5.25. The fourth-order valence-corrected chi connectivity index (χ4v) is 4.13. The van der Waals surface area contributed by atoms with Crippen LogP contribution in [-0.2, 0) is 11.8 Å². The Balaban J connectivity index is 2.02. The fourth-order valence-electron chi connectivity index (χ4n) is 4.13. The number of hydrogen-bond acceptors (Lipinski definition) is 3. The molecule has 2 heterocycles. The first-order valence-corrected chi connectivity index (χ1v) is 8.44. The molecule has 1 spiro atoms. The van der Waals surface area contributed by atoms with E-state index >= 15 is 0 Å². The molecule has 2 aliphatic rings. The zero-order chi connectivity index (χ0) is 16.1. The minimum atomic E-state index is -0.325. The van der Waals surface area contributed by atoms with Crippen LogP contribution in [0.1, 0.15) is 62.6 Å². The van der Waals surface area contributed by atoms with Crippen LogP contribution in [0.25, 0.3) is 0 Å². The second-order valence-electron chi connectivity index (χ2n) is 7.40. The number of rotatable bonds is 3. The van der Waals surface area contributed by atoms with Crippen LogP contribution < -0.4 is 5.32 Å². The molecule has 0 radical (unpaired) electrons. The zero-order valence-electron chi connectivity index (χ0n) is 14.4. The van der Waals surface area contributed by atoms with E-state index in [2.05, 4.69) is 36.1 Å². The first-order chi connectivity index (χ1) is 10.4. The summed E-state index contributed by atoms with van der Waals surface area (Å²) in [6.45, 7) is 9.28. The van der Waals surface area contributed by atoms with Gasteiger partial charge in [0.25, 0.3) is 0 Å². The Labute approximate surface area is 133 Å². The van der Waals surface area contributed by atoms with Gasteiger partial charge in [0, 0.05) is 24.8 Å². The molecule has 3 rings (SSSR count). The maximum absolute atomic E-state index is 13.1. The highest BCUT2D eigenvalue weighted by Crippen LogP contribution is 2.42. The SMILES string of the molecule is Cc1nn(C)c(C)c1[C@@H]1NC2(CCCC2)C(=O)N1CC(C)C. The smallest absolute Gasteiger partial charge is 0.244 e. The molecule has 1 saturated carbocycles. The van der Waals surface area contributed by atoms with Crippen molar-refractivity contribution in [2.24, 2.45) is 13.0 Å². The first-order valence-electron chi connectivity index (χ1n) is 8.44. The molecule has 1 amide bonds. The van der Waals surface area contributed by atoms with Gasteiger partial charge in [-0.2, -0.15) is 5.10 Å². The molecule has 1 aliphatic heterocycles. The lowest BCUT2D eigenvalue weighted by Crippen LogP contribution is -2.44. The van der Waals surface area contributed by atoms with Crippen molar-refractivity contribution in [3.63, 3.8) is 0 Å². The molecule has 5 heteroatoms. The summed E-state index contributed by atoms with van der Waals surface area (Å²) in [5.41, 5.74) is 3.02. The quantitative estimate of drug-likeness (QED) is 0.933. The summed E-state index contributed by atoms with van der Waals surface area (Å²) in [7, 11) is 1.97. The monoisotopic (exact) mass is 304 g/mol. The Bertz CT molecular complexity index is 584. The molecule has 0 aromatic carbocycles. The standard InChI is InChI=1S/C17H28N4O/c1-11(2)10-21-15(14-12(3)19-20(5)13(14)4)18-17(16(21)22)8-6-7-9-17/h11,15,18H,6-10H2,1-5H3/t15-/m1/s1. The van der Waals surface area contributed by atoms with E-state index < -0.39 is 0 Å². The van der Waals surface area contributed by atoms with Gasteiger partial charge in [-0.05, 0) is 32.6 Å². The van der Waals surface area contributed by atoms with E-state index in [9.17, 15) is 4.79 Å². The lowest BCUT2D eigenvalue weighted by molar-refractivity contribution is -0.133. The number of nitrogens with zero attached hydrogens (tertiary/aromatic N) is 3. The van der Waals surface area contributed by atoms with Crippen molar-refractivity contribution in [1.82, 2.24) is 20.0 Å². The van der Waals surface area contributed by atoms with E-state index in [1.165, 1.54) is 5.56 Å². The molecule has 2 fully saturated rings. The van der Waals surface area contributed by atoms with E-state index in [1.54, 1.807) is 0 Å². The molecule has 1 aromatic rings. The predicted octanol–water partition coefficient (Wildman–Crippen LogP) is 2.44. The van der Waals surface area contributed by atoms with Crippen LogP contribution in [-0.4, -0.2) is 32.7 Å².